The van der Waals surface area contributed by atoms with Gasteiger partial charge in [-0.3, -0.25) is 4.99 Å². The summed E-state index contributed by atoms with van der Waals surface area (Å²) in [6, 6.07) is 3.71. The number of nitrogens with two attached hydrogens (primary N) is 1. The molecule has 0 saturated heterocycles. The number of nitrogen functional groups attached to an aromatic ring is 1. The topological polar surface area (TPSA) is 55.4 Å². The second kappa shape index (κ2) is 5.71. The molecule has 0 radical (unpaired) electrons. The van der Waals surface area contributed by atoms with Crippen LogP contribution in [0.3, 0.4) is 0 Å². The Morgan fingerprint density at radius 3 is 2.50 bits per heavy atom. The van der Waals surface area contributed by atoms with Crippen molar-refractivity contribution < 1.29 is 4.57 Å². The molecule has 0 saturated carbocycles. The van der Waals surface area contributed by atoms with Crippen LogP contribution in [-0.2, 0) is 4.57 Å². The fraction of sp³-hybridized carbons (Fsp3) is 0.500. The van der Waals surface area contributed by atoms with Crippen LogP contribution in [0.5, 0.6) is 0 Å². The molecule has 0 aliphatic heterocycles. The molecule has 0 atom stereocenters. The van der Waals surface area contributed by atoms with Crippen molar-refractivity contribution in [3.63, 3.8) is 0 Å². The van der Waals surface area contributed by atoms with Crippen LogP contribution in [0.2, 0.25) is 0 Å². The number of rotatable bonds is 4. The molecule has 3 nitrogen and oxygen atoms in total. The number of nitrogens with zero attached hydrogens (tertiary/aromatic N) is 1. The summed E-state index contributed by atoms with van der Waals surface area (Å²) >= 11 is 0. The van der Waals surface area contributed by atoms with Gasteiger partial charge in [0, 0.05) is 16.7 Å². The van der Waals surface area contributed by atoms with Crippen molar-refractivity contribution in [2.24, 2.45) is 4.99 Å². The highest BCUT2D eigenvalue weighted by atomic mass is 31.2. The Kier molecular flexibility index (Phi) is 4.75. The second-order valence-corrected chi connectivity index (χ2v) is 8.24. The zero-order chi connectivity index (χ0) is 13.9. The number of hydrogen-bond donors (Lipinski definition) is 1. The van der Waals surface area contributed by atoms with E-state index in [2.05, 4.69) is 11.9 Å². The molecule has 0 spiro atoms. The van der Waals surface area contributed by atoms with E-state index in [4.69, 9.17) is 5.73 Å². The van der Waals surface area contributed by atoms with E-state index in [9.17, 15) is 4.57 Å². The lowest BCUT2D eigenvalue weighted by Gasteiger charge is -2.15. The summed E-state index contributed by atoms with van der Waals surface area (Å²) in [7, 11) is -2.37. The Labute approximate surface area is 110 Å². The molecule has 0 fully saturated rings. The Morgan fingerprint density at radius 1 is 1.39 bits per heavy atom. The van der Waals surface area contributed by atoms with Gasteiger partial charge in [-0.1, -0.05) is 13.3 Å². The van der Waals surface area contributed by atoms with Crippen molar-refractivity contribution in [3.05, 3.63) is 17.7 Å². The quantitative estimate of drug-likeness (QED) is 0.513. The molecule has 0 aliphatic rings. The summed E-state index contributed by atoms with van der Waals surface area (Å²) in [4.78, 5) is 4.60. The van der Waals surface area contributed by atoms with Crippen LogP contribution in [0, 0.1) is 6.92 Å². The molecule has 4 heteroatoms. The van der Waals surface area contributed by atoms with Crippen molar-refractivity contribution in [1.29, 1.82) is 0 Å². The lowest BCUT2D eigenvalue weighted by Crippen LogP contribution is -2.13. The van der Waals surface area contributed by atoms with Gasteiger partial charge in [0.25, 0.3) is 0 Å². The van der Waals surface area contributed by atoms with Gasteiger partial charge in [-0.05, 0) is 51.3 Å². The van der Waals surface area contributed by atoms with E-state index in [1.807, 2.05) is 19.9 Å². The van der Waals surface area contributed by atoms with E-state index < -0.39 is 7.14 Å². The fourth-order valence-corrected chi connectivity index (χ4v) is 3.79. The zero-order valence-corrected chi connectivity index (χ0v) is 12.8. The van der Waals surface area contributed by atoms with Crippen molar-refractivity contribution in [2.45, 2.75) is 33.6 Å². The minimum Gasteiger partial charge on any atom is -0.398 e. The third kappa shape index (κ3) is 3.46. The van der Waals surface area contributed by atoms with Gasteiger partial charge >= 0.3 is 0 Å². The Bertz CT molecular complexity index is 515. The van der Waals surface area contributed by atoms with Crippen LogP contribution < -0.4 is 11.0 Å². The molecule has 100 valence electrons. The molecule has 0 unspecified atom stereocenters. The van der Waals surface area contributed by atoms with Crippen molar-refractivity contribution >= 4 is 29.5 Å². The normalized spacial score (nSPS) is 12.8. The number of hydrogen-bond acceptors (Lipinski definition) is 3. The highest BCUT2D eigenvalue weighted by Crippen LogP contribution is 2.40. The molecule has 18 heavy (non-hydrogen) atoms. The maximum atomic E-state index is 12.3. The van der Waals surface area contributed by atoms with Crippen LogP contribution in [-0.4, -0.2) is 19.0 Å². The van der Waals surface area contributed by atoms with E-state index in [0.29, 0.717) is 5.69 Å². The summed E-state index contributed by atoms with van der Waals surface area (Å²) in [5.41, 5.74) is 9.47. The molecule has 0 amide bonds. The SMILES string of the molecule is CCC/C(C)=N/c1ccc(N)c(P(C)(C)=O)c1C. The Hall–Kier alpha value is -1.08. The summed E-state index contributed by atoms with van der Waals surface area (Å²) in [5, 5.41) is 0.771. The maximum absolute atomic E-state index is 12.3. The van der Waals surface area contributed by atoms with E-state index in [1.165, 1.54) is 0 Å². The van der Waals surface area contributed by atoms with Gasteiger partial charge in [-0.25, -0.2) is 0 Å². The predicted molar refractivity (Wildman–Crippen MR) is 82.4 cm³/mol. The first-order chi connectivity index (χ1) is 8.27. The van der Waals surface area contributed by atoms with Gasteiger partial charge in [-0.15, -0.1) is 0 Å². The number of benzene rings is 1. The average molecular weight is 266 g/mol. The highest BCUT2D eigenvalue weighted by molar-refractivity contribution is 7.70. The second-order valence-electron chi connectivity index (χ2n) is 5.10. The van der Waals surface area contributed by atoms with Crippen LogP contribution in [0.15, 0.2) is 17.1 Å². The van der Waals surface area contributed by atoms with Gasteiger partial charge in [0.15, 0.2) is 0 Å². The molecule has 0 aromatic heterocycles. The van der Waals surface area contributed by atoms with E-state index >= 15 is 0 Å². The minimum absolute atomic E-state index is 0.605. The van der Waals surface area contributed by atoms with Crippen LogP contribution in [0.25, 0.3) is 0 Å². The largest absolute Gasteiger partial charge is 0.398 e. The minimum atomic E-state index is -2.37. The van der Waals surface area contributed by atoms with Crippen LogP contribution in [0.4, 0.5) is 11.4 Å². The molecule has 1 aromatic rings. The Morgan fingerprint density at radius 2 is 2.00 bits per heavy atom. The summed E-state index contributed by atoms with van der Waals surface area (Å²) in [6.07, 6.45) is 2.06. The van der Waals surface area contributed by atoms with E-state index in [1.54, 1.807) is 19.4 Å². The third-order valence-electron chi connectivity index (χ3n) is 2.90. The van der Waals surface area contributed by atoms with Crippen molar-refractivity contribution in [3.8, 4) is 0 Å². The predicted octanol–water partition coefficient (Wildman–Crippen LogP) is 3.72. The van der Waals surface area contributed by atoms with Gasteiger partial charge in [0.05, 0.1) is 5.69 Å². The van der Waals surface area contributed by atoms with Gasteiger partial charge < -0.3 is 10.3 Å². The van der Waals surface area contributed by atoms with E-state index in [-0.39, 0.29) is 0 Å². The highest BCUT2D eigenvalue weighted by Gasteiger charge is 2.19. The lowest BCUT2D eigenvalue weighted by molar-refractivity contribution is 0.588. The fourth-order valence-electron chi connectivity index (χ4n) is 2.17. The Balaban J connectivity index is 3.34. The average Bonchev–Trinajstić information content (AvgIpc) is 2.21. The molecule has 0 aliphatic carbocycles. The molecule has 2 N–H and O–H groups in total. The first-order valence-corrected chi connectivity index (χ1v) is 8.86. The smallest absolute Gasteiger partial charge is 0.112 e. The molecular formula is C14H23N2OP. The van der Waals surface area contributed by atoms with Crippen molar-refractivity contribution in [2.75, 3.05) is 19.1 Å². The zero-order valence-electron chi connectivity index (χ0n) is 11.9. The molecular weight excluding hydrogens is 243 g/mol. The number of aliphatic imine (C=N–C) groups is 1. The standard InChI is InChI=1S/C14H23N2OP/c1-6-7-10(2)16-13-9-8-12(15)14(11(13)3)18(4,5)17/h8-9H,6-7,15H2,1-5H3/b16-10+. The molecule has 0 heterocycles. The first kappa shape index (κ1) is 15.0. The summed E-state index contributed by atoms with van der Waals surface area (Å²) in [6.45, 7) is 9.60. The third-order valence-corrected chi connectivity index (χ3v) is 4.57. The lowest BCUT2D eigenvalue weighted by atomic mass is 10.1. The number of anilines is 1. The monoisotopic (exact) mass is 266 g/mol. The molecule has 0 bridgehead atoms. The van der Waals surface area contributed by atoms with Crippen LogP contribution >= 0.6 is 7.14 Å². The summed E-state index contributed by atoms with van der Waals surface area (Å²) < 4.78 is 12.3. The van der Waals surface area contributed by atoms with E-state index in [0.717, 1.165) is 35.1 Å². The molecule has 1 aromatic carbocycles. The van der Waals surface area contributed by atoms with Crippen molar-refractivity contribution in [1.82, 2.24) is 0 Å². The van der Waals surface area contributed by atoms with Crippen LogP contribution in [0.1, 0.15) is 32.3 Å². The maximum Gasteiger partial charge on any atom is 0.112 e. The summed E-state index contributed by atoms with van der Waals surface area (Å²) in [5.74, 6) is 0. The van der Waals surface area contributed by atoms with Gasteiger partial charge in [0.2, 0.25) is 0 Å². The van der Waals surface area contributed by atoms with Gasteiger partial charge in [0.1, 0.15) is 7.14 Å². The molecule has 1 rings (SSSR count). The first-order valence-electron chi connectivity index (χ1n) is 6.26. The van der Waals surface area contributed by atoms with Gasteiger partial charge in [-0.2, -0.15) is 0 Å².